The number of thioether (sulfide) groups is 1. The van der Waals surface area contributed by atoms with Crippen molar-refractivity contribution in [2.24, 2.45) is 0 Å². The van der Waals surface area contributed by atoms with E-state index in [9.17, 15) is 14.4 Å². The smallest absolute Gasteiger partial charge is 0.306 e. The van der Waals surface area contributed by atoms with E-state index in [2.05, 4.69) is 10.6 Å². The Morgan fingerprint density at radius 2 is 1.83 bits per heavy atom. The molecule has 0 radical (unpaired) electrons. The van der Waals surface area contributed by atoms with Crippen molar-refractivity contribution in [2.45, 2.75) is 17.7 Å². The van der Waals surface area contributed by atoms with Crippen molar-refractivity contribution in [1.82, 2.24) is 5.32 Å². The van der Waals surface area contributed by atoms with Gasteiger partial charge in [-0.1, -0.05) is 23.7 Å². The van der Waals surface area contributed by atoms with Gasteiger partial charge in [-0.3, -0.25) is 14.4 Å². The third kappa shape index (κ3) is 8.15. The van der Waals surface area contributed by atoms with E-state index in [1.807, 2.05) is 6.07 Å². The fourth-order valence-electron chi connectivity index (χ4n) is 2.35. The number of carbonyl (C=O) groups excluding carboxylic acids is 3. The molecule has 0 aliphatic heterocycles. The number of carbonyl (C=O) groups is 3. The summed E-state index contributed by atoms with van der Waals surface area (Å²) in [6.45, 7) is -0.112. The predicted octanol–water partition coefficient (Wildman–Crippen LogP) is 3.65. The number of nitrogens with zero attached hydrogens (tertiary/aromatic N) is 1. The van der Waals surface area contributed by atoms with Gasteiger partial charge < -0.3 is 15.4 Å². The topological polar surface area (TPSA) is 108 Å². The second-order valence-electron chi connectivity index (χ2n) is 6.02. The molecule has 156 valence electrons. The van der Waals surface area contributed by atoms with Gasteiger partial charge in [0.1, 0.15) is 0 Å². The highest BCUT2D eigenvalue weighted by Gasteiger charge is 2.11. The van der Waals surface area contributed by atoms with Gasteiger partial charge >= 0.3 is 5.97 Å². The van der Waals surface area contributed by atoms with Crippen LogP contribution in [0.1, 0.15) is 23.2 Å². The Morgan fingerprint density at radius 3 is 2.57 bits per heavy atom. The van der Waals surface area contributed by atoms with Crippen LogP contribution in [0.25, 0.3) is 0 Å². The quantitative estimate of drug-likeness (QED) is 0.328. The number of hydrogen-bond acceptors (Lipinski definition) is 6. The summed E-state index contributed by atoms with van der Waals surface area (Å²) in [5.41, 5.74) is 1.04. The Bertz CT molecular complexity index is 929. The lowest BCUT2D eigenvalue weighted by Crippen LogP contribution is -2.25. The molecule has 0 heterocycles. The molecule has 30 heavy (non-hydrogen) atoms. The van der Waals surface area contributed by atoms with Crippen molar-refractivity contribution in [1.29, 1.82) is 5.26 Å². The first-order chi connectivity index (χ1) is 14.5. The Kier molecular flexibility index (Phi) is 9.71. The number of benzene rings is 2. The summed E-state index contributed by atoms with van der Waals surface area (Å²) in [6, 6.07) is 15.6. The van der Waals surface area contributed by atoms with Crippen LogP contribution in [0.2, 0.25) is 5.02 Å². The van der Waals surface area contributed by atoms with E-state index in [0.29, 0.717) is 29.2 Å². The monoisotopic (exact) mass is 445 g/mol. The molecule has 0 spiro atoms. The second kappa shape index (κ2) is 12.5. The lowest BCUT2D eigenvalue weighted by Gasteiger charge is -2.10. The summed E-state index contributed by atoms with van der Waals surface area (Å²) >= 11 is 7.08. The van der Waals surface area contributed by atoms with Crippen LogP contribution in [0.15, 0.2) is 53.4 Å². The zero-order chi connectivity index (χ0) is 21.8. The average molecular weight is 446 g/mol. The minimum atomic E-state index is -0.530. The van der Waals surface area contributed by atoms with Gasteiger partial charge in [-0.05, 0) is 42.8 Å². The van der Waals surface area contributed by atoms with Crippen molar-refractivity contribution in [3.8, 4) is 6.07 Å². The highest BCUT2D eigenvalue weighted by Crippen LogP contribution is 2.26. The molecule has 0 fully saturated rings. The fourth-order valence-corrected chi connectivity index (χ4v) is 3.14. The highest BCUT2D eigenvalue weighted by molar-refractivity contribution is 7.99. The van der Waals surface area contributed by atoms with Crippen LogP contribution in [0.4, 0.5) is 5.69 Å². The number of esters is 1. The maximum atomic E-state index is 12.0. The van der Waals surface area contributed by atoms with Gasteiger partial charge in [0, 0.05) is 28.4 Å². The summed E-state index contributed by atoms with van der Waals surface area (Å²) in [6.07, 6.45) is 0.455. The normalized spacial score (nSPS) is 10.0. The van der Waals surface area contributed by atoms with E-state index in [1.54, 1.807) is 48.5 Å². The number of rotatable bonds is 10. The van der Waals surface area contributed by atoms with E-state index >= 15 is 0 Å². The van der Waals surface area contributed by atoms with Crippen LogP contribution in [-0.4, -0.2) is 36.7 Å². The molecule has 2 N–H and O–H groups in total. The molecular formula is C21H20ClN3O4S. The minimum Gasteiger partial charge on any atom is -0.456 e. The Morgan fingerprint density at radius 1 is 1.10 bits per heavy atom. The summed E-state index contributed by atoms with van der Waals surface area (Å²) < 4.78 is 4.96. The van der Waals surface area contributed by atoms with Crippen LogP contribution in [0, 0.1) is 11.3 Å². The van der Waals surface area contributed by atoms with Crippen molar-refractivity contribution in [2.75, 3.05) is 24.2 Å². The molecule has 2 aromatic carbocycles. The summed E-state index contributed by atoms with van der Waals surface area (Å²) in [7, 11) is 0. The molecule has 2 amide bonds. The van der Waals surface area contributed by atoms with E-state index in [4.69, 9.17) is 21.6 Å². The summed E-state index contributed by atoms with van der Waals surface area (Å²) in [5, 5.41) is 14.6. The molecule has 0 aromatic heterocycles. The van der Waals surface area contributed by atoms with Crippen LogP contribution < -0.4 is 10.6 Å². The van der Waals surface area contributed by atoms with E-state index < -0.39 is 18.5 Å². The number of para-hydroxylation sites is 1. The molecule has 0 aliphatic rings. The first-order valence-electron chi connectivity index (χ1n) is 9.07. The number of hydrogen-bond donors (Lipinski definition) is 2. The molecule has 2 rings (SSSR count). The van der Waals surface area contributed by atoms with E-state index in [1.165, 1.54) is 11.8 Å². The van der Waals surface area contributed by atoms with E-state index in [-0.39, 0.29) is 18.1 Å². The largest absolute Gasteiger partial charge is 0.456 e. The molecule has 0 saturated heterocycles. The van der Waals surface area contributed by atoms with Crippen molar-refractivity contribution < 1.29 is 19.1 Å². The predicted molar refractivity (Wildman–Crippen MR) is 115 cm³/mol. The first kappa shape index (κ1) is 23.3. The van der Waals surface area contributed by atoms with Crippen molar-refractivity contribution in [3.05, 3.63) is 59.1 Å². The standard InChI is InChI=1S/C21H20ClN3O4S/c22-16-9-7-15(8-10-16)21(28)24-12-3-6-20(27)29-14-19(26)25-17-4-1-2-5-18(17)30-13-11-23/h1-2,4-5,7-10H,3,6,12-14H2,(H,24,28)(H,25,26). The number of anilines is 1. The number of amides is 2. The Balaban J connectivity index is 1.66. The minimum absolute atomic E-state index is 0.0722. The summed E-state index contributed by atoms with van der Waals surface area (Å²) in [5.74, 6) is -0.994. The molecule has 0 bridgehead atoms. The Hall–Kier alpha value is -3.02. The maximum absolute atomic E-state index is 12.0. The van der Waals surface area contributed by atoms with Gasteiger partial charge in [-0.25, -0.2) is 0 Å². The van der Waals surface area contributed by atoms with E-state index in [0.717, 1.165) is 4.90 Å². The number of nitriles is 1. The lowest BCUT2D eigenvalue weighted by molar-refractivity contribution is -0.147. The molecule has 2 aromatic rings. The molecule has 9 heteroatoms. The van der Waals surface area contributed by atoms with Crippen molar-refractivity contribution in [3.63, 3.8) is 0 Å². The van der Waals surface area contributed by atoms with Gasteiger partial charge in [-0.2, -0.15) is 5.26 Å². The Labute approximate surface area is 183 Å². The summed E-state index contributed by atoms with van der Waals surface area (Å²) in [4.78, 5) is 36.5. The maximum Gasteiger partial charge on any atom is 0.306 e. The molecular weight excluding hydrogens is 426 g/mol. The van der Waals surface area contributed by atoms with Gasteiger partial charge in [0.25, 0.3) is 11.8 Å². The van der Waals surface area contributed by atoms with Crippen LogP contribution in [0.5, 0.6) is 0 Å². The van der Waals surface area contributed by atoms with Crippen LogP contribution >= 0.6 is 23.4 Å². The van der Waals surface area contributed by atoms with Crippen molar-refractivity contribution >= 4 is 46.8 Å². The zero-order valence-electron chi connectivity index (χ0n) is 16.0. The third-order valence-corrected chi connectivity index (χ3v) is 4.96. The van der Waals surface area contributed by atoms with Gasteiger partial charge in [0.15, 0.2) is 6.61 Å². The number of nitrogens with one attached hydrogen (secondary N) is 2. The second-order valence-corrected chi connectivity index (χ2v) is 7.47. The highest BCUT2D eigenvalue weighted by atomic mass is 35.5. The lowest BCUT2D eigenvalue weighted by atomic mass is 10.2. The number of halogens is 1. The molecule has 0 saturated carbocycles. The third-order valence-electron chi connectivity index (χ3n) is 3.77. The van der Waals surface area contributed by atoms with Crippen LogP contribution in [-0.2, 0) is 14.3 Å². The number of ether oxygens (including phenoxy) is 1. The first-order valence-corrected chi connectivity index (χ1v) is 10.4. The molecule has 0 aliphatic carbocycles. The fraction of sp³-hybridized carbons (Fsp3) is 0.238. The van der Waals surface area contributed by atoms with Gasteiger partial charge in [0.05, 0.1) is 17.5 Å². The van der Waals surface area contributed by atoms with Crippen LogP contribution in [0.3, 0.4) is 0 Å². The SMILES string of the molecule is N#CCSc1ccccc1NC(=O)COC(=O)CCCNC(=O)c1ccc(Cl)cc1. The van der Waals surface area contributed by atoms with Gasteiger partial charge in [-0.15, -0.1) is 11.8 Å². The zero-order valence-corrected chi connectivity index (χ0v) is 17.6. The molecule has 0 unspecified atom stereocenters. The molecule has 0 atom stereocenters. The molecule has 7 nitrogen and oxygen atoms in total. The average Bonchev–Trinajstić information content (AvgIpc) is 2.75. The van der Waals surface area contributed by atoms with Gasteiger partial charge in [0.2, 0.25) is 0 Å².